The third-order valence-electron chi connectivity index (χ3n) is 11.5. The first-order valence-corrected chi connectivity index (χ1v) is 14.1. The van der Waals surface area contributed by atoms with Gasteiger partial charge < -0.3 is 5.11 Å². The molecule has 178 valence electrons. The van der Waals surface area contributed by atoms with E-state index in [9.17, 15) is 5.11 Å². The van der Waals surface area contributed by atoms with Crippen LogP contribution in [0, 0.1) is 52.3 Å². The molecule has 0 amide bonds. The molecule has 0 aliphatic heterocycles. The molecular formula is C30H52O. The molecule has 0 heterocycles. The highest BCUT2D eigenvalue weighted by atomic mass is 16.3. The summed E-state index contributed by atoms with van der Waals surface area (Å²) in [6.07, 6.45) is 18.6. The normalized spacial score (nSPS) is 44.6. The molecule has 1 nitrogen and oxygen atoms in total. The topological polar surface area (TPSA) is 20.2 Å². The lowest BCUT2D eigenvalue weighted by molar-refractivity contribution is -0.110. The third-order valence-corrected chi connectivity index (χ3v) is 11.5. The van der Waals surface area contributed by atoms with Crippen LogP contribution >= 0.6 is 0 Å². The van der Waals surface area contributed by atoms with Crippen molar-refractivity contribution in [1.82, 2.24) is 0 Å². The average molecular weight is 429 g/mol. The predicted octanol–water partition coefficient (Wildman–Crippen LogP) is 8.41. The molecule has 0 aromatic rings. The number of hydrogen-bond donors (Lipinski definition) is 1. The number of rotatable bonds is 6. The van der Waals surface area contributed by atoms with E-state index in [-0.39, 0.29) is 6.10 Å². The molecule has 9 atom stereocenters. The van der Waals surface area contributed by atoms with Gasteiger partial charge in [0.1, 0.15) is 0 Å². The molecule has 0 aromatic carbocycles. The summed E-state index contributed by atoms with van der Waals surface area (Å²) in [5.41, 5.74) is 2.57. The van der Waals surface area contributed by atoms with Crippen LogP contribution in [0.25, 0.3) is 0 Å². The standard InChI is InChI=1S/C30H52O/c1-7-22(20(2)3)12-11-21(4)26-9-8-10-27-25-14-13-23-19-24(31)15-17-29(23,5)28(25)16-18-30(26,27)6/h13,20-22,24-28,31H,7-12,14-19H2,1-6H3/t21-,22-,24+,25+,26-,27+,28+,29+,30-/m1/s1. The highest BCUT2D eigenvalue weighted by Crippen LogP contribution is 2.66. The fraction of sp³-hybridized carbons (Fsp3) is 0.933. The summed E-state index contributed by atoms with van der Waals surface area (Å²) in [6.45, 7) is 15.1. The van der Waals surface area contributed by atoms with E-state index in [1.165, 1.54) is 64.2 Å². The zero-order chi connectivity index (χ0) is 22.4. The maximum absolute atomic E-state index is 10.3. The summed E-state index contributed by atoms with van der Waals surface area (Å²) in [6, 6.07) is 0. The van der Waals surface area contributed by atoms with Gasteiger partial charge in [0.25, 0.3) is 0 Å². The molecule has 0 aromatic heterocycles. The van der Waals surface area contributed by atoms with Gasteiger partial charge >= 0.3 is 0 Å². The van der Waals surface area contributed by atoms with Crippen molar-refractivity contribution in [1.29, 1.82) is 0 Å². The first kappa shape index (κ1) is 23.8. The van der Waals surface area contributed by atoms with Crippen LogP contribution in [-0.4, -0.2) is 11.2 Å². The molecule has 4 rings (SSSR count). The minimum atomic E-state index is -0.0811. The van der Waals surface area contributed by atoms with Gasteiger partial charge in [0.05, 0.1) is 6.10 Å². The molecule has 1 heteroatoms. The maximum atomic E-state index is 10.3. The SMILES string of the molecule is CC[C@H](CC[C@@H](C)[C@H]1CCC[C@H]2[C@@H]3CC=C4C[C@@H](O)CC[C@]4(C)[C@H]3CC[C@]12C)C(C)C. The Morgan fingerprint density at radius 1 is 1.00 bits per heavy atom. The lowest BCUT2D eigenvalue weighted by Gasteiger charge is -2.62. The van der Waals surface area contributed by atoms with Crippen molar-refractivity contribution in [2.24, 2.45) is 52.3 Å². The summed E-state index contributed by atoms with van der Waals surface area (Å²) in [5, 5.41) is 10.3. The molecule has 3 fully saturated rings. The number of aliphatic hydroxyl groups excluding tert-OH is 1. The van der Waals surface area contributed by atoms with E-state index in [1.807, 2.05) is 0 Å². The molecule has 0 spiro atoms. The quantitative estimate of drug-likeness (QED) is 0.421. The van der Waals surface area contributed by atoms with Gasteiger partial charge in [-0.15, -0.1) is 0 Å². The molecule has 0 saturated heterocycles. The second-order valence-corrected chi connectivity index (χ2v) is 13.2. The Kier molecular flexibility index (Phi) is 7.04. The van der Waals surface area contributed by atoms with Crippen molar-refractivity contribution in [2.75, 3.05) is 0 Å². The molecule has 0 radical (unpaired) electrons. The van der Waals surface area contributed by atoms with E-state index >= 15 is 0 Å². The molecule has 4 aliphatic rings. The van der Waals surface area contributed by atoms with Gasteiger partial charge in [-0.25, -0.2) is 0 Å². The van der Waals surface area contributed by atoms with Crippen molar-refractivity contribution < 1.29 is 5.11 Å². The van der Waals surface area contributed by atoms with Crippen LogP contribution in [0.1, 0.15) is 119 Å². The van der Waals surface area contributed by atoms with Crippen LogP contribution in [-0.2, 0) is 0 Å². The van der Waals surface area contributed by atoms with Crippen LogP contribution in [0.2, 0.25) is 0 Å². The Morgan fingerprint density at radius 2 is 1.77 bits per heavy atom. The zero-order valence-electron chi connectivity index (χ0n) is 21.6. The maximum Gasteiger partial charge on any atom is 0.0577 e. The summed E-state index contributed by atoms with van der Waals surface area (Å²) >= 11 is 0. The van der Waals surface area contributed by atoms with Gasteiger partial charge in [-0.2, -0.15) is 0 Å². The molecule has 1 N–H and O–H groups in total. The second kappa shape index (κ2) is 9.15. The molecule has 4 aliphatic carbocycles. The van der Waals surface area contributed by atoms with Gasteiger partial charge in [-0.1, -0.05) is 72.5 Å². The zero-order valence-corrected chi connectivity index (χ0v) is 21.6. The number of hydrogen-bond acceptors (Lipinski definition) is 1. The van der Waals surface area contributed by atoms with E-state index in [1.54, 1.807) is 5.57 Å². The summed E-state index contributed by atoms with van der Waals surface area (Å²) in [7, 11) is 0. The van der Waals surface area contributed by atoms with Crippen molar-refractivity contribution in [3.05, 3.63) is 11.6 Å². The van der Waals surface area contributed by atoms with E-state index in [0.717, 1.165) is 54.3 Å². The average Bonchev–Trinajstić information content (AvgIpc) is 2.73. The van der Waals surface area contributed by atoms with Crippen molar-refractivity contribution in [3.8, 4) is 0 Å². The first-order valence-electron chi connectivity index (χ1n) is 14.1. The van der Waals surface area contributed by atoms with E-state index in [0.29, 0.717) is 10.8 Å². The number of aliphatic hydroxyl groups is 1. The minimum absolute atomic E-state index is 0.0811. The van der Waals surface area contributed by atoms with Crippen LogP contribution in [0.15, 0.2) is 11.6 Å². The number of fused-ring (bicyclic) bond motifs is 5. The largest absolute Gasteiger partial charge is 0.393 e. The predicted molar refractivity (Wildman–Crippen MR) is 133 cm³/mol. The van der Waals surface area contributed by atoms with Crippen LogP contribution in [0.3, 0.4) is 0 Å². The van der Waals surface area contributed by atoms with Gasteiger partial charge in [0, 0.05) is 0 Å². The lowest BCUT2D eigenvalue weighted by Crippen LogP contribution is -2.54. The summed E-state index contributed by atoms with van der Waals surface area (Å²) in [5.74, 6) is 6.26. The van der Waals surface area contributed by atoms with Crippen LogP contribution in [0.4, 0.5) is 0 Å². The van der Waals surface area contributed by atoms with E-state index in [4.69, 9.17) is 0 Å². The first-order chi connectivity index (χ1) is 14.7. The Balaban J connectivity index is 1.50. The second-order valence-electron chi connectivity index (χ2n) is 13.2. The van der Waals surface area contributed by atoms with Gasteiger partial charge in [-0.05, 0) is 110 Å². The fourth-order valence-corrected chi connectivity index (χ4v) is 9.50. The monoisotopic (exact) mass is 428 g/mol. The highest BCUT2D eigenvalue weighted by molar-refractivity contribution is 5.25. The van der Waals surface area contributed by atoms with Gasteiger partial charge in [0.2, 0.25) is 0 Å². The van der Waals surface area contributed by atoms with Crippen LogP contribution in [0.5, 0.6) is 0 Å². The molecule has 31 heavy (non-hydrogen) atoms. The fourth-order valence-electron chi connectivity index (χ4n) is 9.50. The Bertz CT molecular complexity index is 649. The summed E-state index contributed by atoms with van der Waals surface area (Å²) < 4.78 is 0. The Hall–Kier alpha value is -0.300. The Morgan fingerprint density at radius 3 is 2.48 bits per heavy atom. The highest BCUT2D eigenvalue weighted by Gasteiger charge is 2.57. The van der Waals surface area contributed by atoms with E-state index in [2.05, 4.69) is 47.6 Å². The smallest absolute Gasteiger partial charge is 0.0577 e. The summed E-state index contributed by atoms with van der Waals surface area (Å²) in [4.78, 5) is 0. The van der Waals surface area contributed by atoms with Crippen molar-refractivity contribution in [2.45, 2.75) is 125 Å². The Labute approximate surface area is 193 Å². The third kappa shape index (κ3) is 4.20. The number of allylic oxidation sites excluding steroid dienone is 1. The molecule has 0 bridgehead atoms. The van der Waals surface area contributed by atoms with E-state index < -0.39 is 0 Å². The molecule has 3 saturated carbocycles. The van der Waals surface area contributed by atoms with Crippen molar-refractivity contribution in [3.63, 3.8) is 0 Å². The van der Waals surface area contributed by atoms with Gasteiger partial charge in [-0.3, -0.25) is 0 Å². The van der Waals surface area contributed by atoms with Crippen LogP contribution < -0.4 is 0 Å². The molecular weight excluding hydrogens is 376 g/mol. The minimum Gasteiger partial charge on any atom is -0.393 e. The molecule has 0 unspecified atom stereocenters. The van der Waals surface area contributed by atoms with Crippen molar-refractivity contribution >= 4 is 0 Å². The lowest BCUT2D eigenvalue weighted by atomic mass is 9.42. The van der Waals surface area contributed by atoms with Gasteiger partial charge in [0.15, 0.2) is 0 Å².